The van der Waals surface area contributed by atoms with Gasteiger partial charge >= 0.3 is 0 Å². The summed E-state index contributed by atoms with van der Waals surface area (Å²) in [5.41, 5.74) is 1.90. The van der Waals surface area contributed by atoms with Gasteiger partial charge in [0.05, 0.1) is 5.69 Å². The maximum atomic E-state index is 12.5. The van der Waals surface area contributed by atoms with E-state index in [-0.39, 0.29) is 29.7 Å². The average molecular weight is 402 g/mol. The molecular formula is C22H31N3O4. The molecule has 158 valence electrons. The second-order valence-electron chi connectivity index (χ2n) is 8.76. The molecule has 1 fully saturated rings. The van der Waals surface area contributed by atoms with Crippen molar-refractivity contribution in [2.24, 2.45) is 0 Å². The van der Waals surface area contributed by atoms with Crippen LogP contribution in [-0.2, 0) is 19.8 Å². The van der Waals surface area contributed by atoms with E-state index in [9.17, 15) is 14.4 Å². The number of ether oxygens (including phenoxy) is 1. The van der Waals surface area contributed by atoms with Crippen molar-refractivity contribution in [3.63, 3.8) is 0 Å². The first-order chi connectivity index (χ1) is 13.7. The summed E-state index contributed by atoms with van der Waals surface area (Å²) in [6.07, 6.45) is 0.982. The van der Waals surface area contributed by atoms with Crippen molar-refractivity contribution in [1.29, 1.82) is 0 Å². The van der Waals surface area contributed by atoms with Crippen molar-refractivity contribution in [3.05, 3.63) is 23.8 Å². The predicted molar refractivity (Wildman–Crippen MR) is 111 cm³/mol. The van der Waals surface area contributed by atoms with Crippen LogP contribution in [-0.4, -0.2) is 66.9 Å². The van der Waals surface area contributed by atoms with Gasteiger partial charge < -0.3 is 19.4 Å². The number of anilines is 1. The van der Waals surface area contributed by atoms with Gasteiger partial charge in [0.2, 0.25) is 11.8 Å². The Morgan fingerprint density at radius 2 is 1.72 bits per heavy atom. The summed E-state index contributed by atoms with van der Waals surface area (Å²) in [4.78, 5) is 41.7. The van der Waals surface area contributed by atoms with Crippen molar-refractivity contribution in [3.8, 4) is 5.75 Å². The van der Waals surface area contributed by atoms with Crippen LogP contribution >= 0.6 is 0 Å². The fraction of sp³-hybridized carbons (Fsp3) is 0.591. The van der Waals surface area contributed by atoms with Gasteiger partial charge in [0, 0.05) is 46.1 Å². The lowest BCUT2D eigenvalue weighted by Crippen LogP contribution is -2.50. The molecule has 0 aliphatic carbocycles. The van der Waals surface area contributed by atoms with Gasteiger partial charge in [-0.3, -0.25) is 14.4 Å². The van der Waals surface area contributed by atoms with Crippen LogP contribution in [0.15, 0.2) is 18.2 Å². The van der Waals surface area contributed by atoms with Crippen LogP contribution in [0.4, 0.5) is 5.69 Å². The van der Waals surface area contributed by atoms with Crippen LogP contribution in [0.25, 0.3) is 0 Å². The van der Waals surface area contributed by atoms with Crippen LogP contribution in [0.2, 0.25) is 0 Å². The van der Waals surface area contributed by atoms with E-state index in [1.807, 2.05) is 23.1 Å². The molecule has 29 heavy (non-hydrogen) atoms. The first-order valence-electron chi connectivity index (χ1n) is 10.3. The van der Waals surface area contributed by atoms with Crippen LogP contribution in [0.1, 0.15) is 46.1 Å². The summed E-state index contributed by atoms with van der Waals surface area (Å²) in [5.74, 6) is 0.768. The van der Waals surface area contributed by atoms with Crippen LogP contribution in [0.3, 0.4) is 0 Å². The molecule has 7 heteroatoms. The van der Waals surface area contributed by atoms with E-state index >= 15 is 0 Å². The summed E-state index contributed by atoms with van der Waals surface area (Å²) < 4.78 is 5.59. The fourth-order valence-corrected chi connectivity index (χ4v) is 3.73. The van der Waals surface area contributed by atoms with Crippen molar-refractivity contribution < 1.29 is 19.1 Å². The smallest absolute Gasteiger partial charge is 0.265 e. The van der Waals surface area contributed by atoms with E-state index in [1.165, 1.54) is 0 Å². The summed E-state index contributed by atoms with van der Waals surface area (Å²) in [7, 11) is 0. The molecule has 2 aliphatic heterocycles. The topological polar surface area (TPSA) is 70.2 Å². The maximum absolute atomic E-state index is 12.5. The van der Waals surface area contributed by atoms with Gasteiger partial charge in [0.25, 0.3) is 5.91 Å². The molecule has 3 rings (SSSR count). The highest BCUT2D eigenvalue weighted by Crippen LogP contribution is 2.36. The minimum Gasteiger partial charge on any atom is -0.482 e. The quantitative estimate of drug-likeness (QED) is 0.775. The molecule has 1 saturated heterocycles. The number of carbonyl (C=O) groups excluding carboxylic acids is 3. The molecule has 7 nitrogen and oxygen atoms in total. The Balaban J connectivity index is 1.59. The second-order valence-corrected chi connectivity index (χ2v) is 8.76. The van der Waals surface area contributed by atoms with E-state index in [2.05, 4.69) is 20.8 Å². The zero-order valence-electron chi connectivity index (χ0n) is 17.9. The molecule has 0 radical (unpaired) electrons. The molecule has 0 saturated carbocycles. The van der Waals surface area contributed by atoms with Gasteiger partial charge in [0.15, 0.2) is 6.61 Å². The lowest BCUT2D eigenvalue weighted by Gasteiger charge is -2.34. The minimum atomic E-state index is -0.0777. The molecular weight excluding hydrogens is 370 g/mol. The van der Waals surface area contributed by atoms with Gasteiger partial charge in [-0.2, -0.15) is 0 Å². The van der Waals surface area contributed by atoms with Gasteiger partial charge in [-0.1, -0.05) is 26.8 Å². The Labute approximate surface area is 172 Å². The Morgan fingerprint density at radius 3 is 2.34 bits per heavy atom. The Morgan fingerprint density at radius 1 is 1.07 bits per heavy atom. The summed E-state index contributed by atoms with van der Waals surface area (Å²) in [6.45, 7) is 10.8. The zero-order chi connectivity index (χ0) is 21.2. The Hall–Kier alpha value is -2.57. The van der Waals surface area contributed by atoms with Crippen molar-refractivity contribution in [2.75, 3.05) is 44.2 Å². The molecule has 2 heterocycles. The number of rotatable bonds is 4. The van der Waals surface area contributed by atoms with Gasteiger partial charge in [-0.15, -0.1) is 0 Å². The van der Waals surface area contributed by atoms with Crippen molar-refractivity contribution in [2.45, 2.75) is 46.0 Å². The highest BCUT2D eigenvalue weighted by molar-refractivity contribution is 5.98. The predicted octanol–water partition coefficient (Wildman–Crippen LogP) is 2.18. The zero-order valence-corrected chi connectivity index (χ0v) is 17.9. The molecule has 0 N–H and O–H groups in total. The first-order valence-corrected chi connectivity index (χ1v) is 10.3. The first kappa shape index (κ1) is 21.1. The lowest BCUT2D eigenvalue weighted by atomic mass is 9.86. The number of nitrogens with zero attached hydrogens (tertiary/aromatic N) is 3. The fourth-order valence-electron chi connectivity index (χ4n) is 3.73. The number of carbonyl (C=O) groups is 3. The Bertz CT molecular complexity index is 792. The van der Waals surface area contributed by atoms with Gasteiger partial charge in [-0.05, 0) is 29.5 Å². The molecule has 0 unspecified atom stereocenters. The number of hydrogen-bond acceptors (Lipinski definition) is 4. The van der Waals surface area contributed by atoms with E-state index in [0.29, 0.717) is 51.3 Å². The van der Waals surface area contributed by atoms with Crippen LogP contribution in [0.5, 0.6) is 5.75 Å². The number of hydrogen-bond donors (Lipinski definition) is 0. The lowest BCUT2D eigenvalue weighted by molar-refractivity contribution is -0.138. The largest absolute Gasteiger partial charge is 0.482 e. The van der Waals surface area contributed by atoms with E-state index in [0.717, 1.165) is 11.3 Å². The third kappa shape index (κ3) is 4.89. The van der Waals surface area contributed by atoms with Crippen molar-refractivity contribution >= 4 is 23.4 Å². The maximum Gasteiger partial charge on any atom is 0.265 e. The molecule has 0 spiro atoms. The second kappa shape index (κ2) is 8.43. The Kier molecular flexibility index (Phi) is 6.15. The van der Waals surface area contributed by atoms with Gasteiger partial charge in [0.1, 0.15) is 5.75 Å². The molecule has 0 aromatic heterocycles. The molecule has 0 bridgehead atoms. The summed E-state index contributed by atoms with van der Waals surface area (Å²) in [6, 6.07) is 5.99. The average Bonchev–Trinajstić information content (AvgIpc) is 2.68. The standard InChI is InChI=1S/C22H31N3O4/c1-16(26)23-10-12-24(13-11-23)20(27)6-5-9-25-18-14-17(22(2,3)4)7-8-19(18)29-15-21(25)28/h7-8,14H,5-6,9-13,15H2,1-4H3. The van der Waals surface area contributed by atoms with E-state index in [1.54, 1.807) is 16.7 Å². The monoisotopic (exact) mass is 401 g/mol. The highest BCUT2D eigenvalue weighted by atomic mass is 16.5. The highest BCUT2D eigenvalue weighted by Gasteiger charge is 2.28. The minimum absolute atomic E-state index is 0.0286. The molecule has 2 aliphatic rings. The van der Waals surface area contributed by atoms with Crippen molar-refractivity contribution in [1.82, 2.24) is 9.80 Å². The molecule has 3 amide bonds. The summed E-state index contributed by atoms with van der Waals surface area (Å²) in [5, 5.41) is 0. The number of amides is 3. The molecule has 0 atom stereocenters. The molecule has 1 aromatic rings. The van der Waals surface area contributed by atoms with E-state index in [4.69, 9.17) is 4.74 Å². The van der Waals surface area contributed by atoms with Crippen LogP contribution < -0.4 is 9.64 Å². The number of piperazine rings is 1. The molecule has 1 aromatic carbocycles. The normalized spacial score (nSPS) is 17.1. The van der Waals surface area contributed by atoms with Gasteiger partial charge in [-0.25, -0.2) is 0 Å². The number of fused-ring (bicyclic) bond motifs is 1. The van der Waals surface area contributed by atoms with E-state index < -0.39 is 0 Å². The van der Waals surface area contributed by atoms with Crippen LogP contribution in [0, 0.1) is 0 Å². The third-order valence-corrected chi connectivity index (χ3v) is 5.62. The number of benzene rings is 1. The summed E-state index contributed by atoms with van der Waals surface area (Å²) >= 11 is 0. The SMILES string of the molecule is CC(=O)N1CCN(C(=O)CCCN2C(=O)COc3ccc(C(C)(C)C)cc32)CC1. The third-order valence-electron chi connectivity index (χ3n) is 5.62.